The van der Waals surface area contributed by atoms with Gasteiger partial charge in [-0.2, -0.15) is 0 Å². The first-order chi connectivity index (χ1) is 7.09. The van der Waals surface area contributed by atoms with Gasteiger partial charge in [0.2, 0.25) is 0 Å². The van der Waals surface area contributed by atoms with E-state index in [1.54, 1.807) is 6.07 Å². The molecule has 0 unspecified atom stereocenters. The van der Waals surface area contributed by atoms with Crippen LogP contribution in [0.25, 0.3) is 0 Å². The van der Waals surface area contributed by atoms with E-state index >= 15 is 0 Å². The van der Waals surface area contributed by atoms with E-state index in [0.717, 1.165) is 18.4 Å². The zero-order valence-electron chi connectivity index (χ0n) is 8.01. The zero-order chi connectivity index (χ0) is 11.1. The minimum Gasteiger partial charge on any atom is -0.502 e. The number of rotatable bonds is 3. The molecule has 5 heteroatoms. The van der Waals surface area contributed by atoms with Crippen LogP contribution in [0.5, 0.6) is 5.75 Å². The van der Waals surface area contributed by atoms with Gasteiger partial charge in [0, 0.05) is 11.5 Å². The third-order valence-electron chi connectivity index (χ3n) is 2.94. The van der Waals surface area contributed by atoms with Crippen molar-refractivity contribution in [3.8, 4) is 5.75 Å². The molecule has 0 amide bonds. The van der Waals surface area contributed by atoms with Crippen LogP contribution >= 0.6 is 0 Å². The fraction of sp³-hybridized carbons (Fsp3) is 0.400. The number of phenols is 1. The van der Waals surface area contributed by atoms with Crippen molar-refractivity contribution < 1.29 is 15.1 Å². The Morgan fingerprint density at radius 2 is 2.13 bits per heavy atom. The summed E-state index contributed by atoms with van der Waals surface area (Å²) >= 11 is 0. The Hall–Kier alpha value is -1.62. The van der Waals surface area contributed by atoms with E-state index in [1.165, 1.54) is 12.1 Å². The molecule has 0 heterocycles. The minimum atomic E-state index is -0.619. The first kappa shape index (κ1) is 9.92. The summed E-state index contributed by atoms with van der Waals surface area (Å²) in [5, 5.41) is 29.0. The number of hydrogen-bond acceptors (Lipinski definition) is 4. The lowest BCUT2D eigenvalue weighted by molar-refractivity contribution is -0.385. The van der Waals surface area contributed by atoms with Gasteiger partial charge in [0.25, 0.3) is 0 Å². The van der Waals surface area contributed by atoms with Gasteiger partial charge in [0.1, 0.15) is 0 Å². The van der Waals surface area contributed by atoms with Crippen LogP contribution in [0.2, 0.25) is 0 Å². The van der Waals surface area contributed by atoms with Gasteiger partial charge < -0.3 is 10.2 Å². The molecule has 0 atom stereocenters. The number of phenolic OH excluding ortho intramolecular Hbond substituents is 1. The number of aliphatic hydroxyl groups excluding tert-OH is 1. The quantitative estimate of drug-likeness (QED) is 0.581. The molecule has 1 aliphatic carbocycles. The van der Waals surface area contributed by atoms with E-state index < -0.39 is 4.92 Å². The molecule has 0 saturated heterocycles. The van der Waals surface area contributed by atoms with Gasteiger partial charge in [-0.05, 0) is 24.5 Å². The van der Waals surface area contributed by atoms with Crippen molar-refractivity contribution in [2.24, 2.45) is 0 Å². The Labute approximate surface area is 86.1 Å². The molecular weight excluding hydrogens is 198 g/mol. The molecule has 2 N–H and O–H groups in total. The second kappa shape index (κ2) is 3.20. The van der Waals surface area contributed by atoms with Gasteiger partial charge in [0.05, 0.1) is 11.5 Å². The molecule has 0 aromatic heterocycles. The van der Waals surface area contributed by atoms with Crippen LogP contribution in [0.4, 0.5) is 5.69 Å². The van der Waals surface area contributed by atoms with Crippen LogP contribution < -0.4 is 0 Å². The van der Waals surface area contributed by atoms with Gasteiger partial charge in [-0.25, -0.2) is 0 Å². The molecule has 1 saturated carbocycles. The maximum absolute atomic E-state index is 10.6. The third kappa shape index (κ3) is 1.55. The number of nitrogens with zero attached hydrogens (tertiary/aromatic N) is 1. The van der Waals surface area contributed by atoms with Gasteiger partial charge in [0.15, 0.2) is 5.75 Å². The molecular formula is C10H11NO4. The van der Waals surface area contributed by atoms with Crippen LogP contribution in [0.3, 0.4) is 0 Å². The Kier molecular flexibility index (Phi) is 2.12. The molecule has 0 spiro atoms. The van der Waals surface area contributed by atoms with E-state index in [9.17, 15) is 20.3 Å². The van der Waals surface area contributed by atoms with E-state index in [-0.39, 0.29) is 23.5 Å². The van der Waals surface area contributed by atoms with Crippen molar-refractivity contribution >= 4 is 5.69 Å². The van der Waals surface area contributed by atoms with Crippen LogP contribution in [-0.2, 0) is 5.41 Å². The summed E-state index contributed by atoms with van der Waals surface area (Å²) < 4.78 is 0. The maximum atomic E-state index is 10.6. The fourth-order valence-electron chi connectivity index (χ4n) is 1.69. The average Bonchev–Trinajstić information content (AvgIpc) is 2.99. The largest absolute Gasteiger partial charge is 0.502 e. The van der Waals surface area contributed by atoms with E-state index in [4.69, 9.17) is 0 Å². The summed E-state index contributed by atoms with van der Waals surface area (Å²) in [4.78, 5) is 9.97. The van der Waals surface area contributed by atoms with Crippen molar-refractivity contribution in [2.75, 3.05) is 6.61 Å². The van der Waals surface area contributed by atoms with Crippen molar-refractivity contribution in [2.45, 2.75) is 18.3 Å². The molecule has 15 heavy (non-hydrogen) atoms. The van der Waals surface area contributed by atoms with Gasteiger partial charge in [-0.3, -0.25) is 10.1 Å². The Balaban J connectivity index is 2.43. The van der Waals surface area contributed by atoms with Crippen LogP contribution in [0, 0.1) is 10.1 Å². The summed E-state index contributed by atoms with van der Waals surface area (Å²) in [7, 11) is 0. The highest BCUT2D eigenvalue weighted by molar-refractivity contribution is 5.50. The minimum absolute atomic E-state index is 0.00503. The maximum Gasteiger partial charge on any atom is 0.310 e. The van der Waals surface area contributed by atoms with Crippen LogP contribution in [0.1, 0.15) is 18.4 Å². The van der Waals surface area contributed by atoms with Crippen molar-refractivity contribution in [1.82, 2.24) is 0 Å². The SMILES string of the molecule is O=[N+]([O-])c1cc(C2(CO)CC2)ccc1O. The average molecular weight is 209 g/mol. The highest BCUT2D eigenvalue weighted by Gasteiger charge is 2.44. The standard InChI is InChI=1S/C10H11NO4/c12-6-10(3-4-10)7-1-2-9(13)8(5-7)11(14)15/h1-2,5,12-13H,3-4,6H2. The highest BCUT2D eigenvalue weighted by atomic mass is 16.6. The van der Waals surface area contributed by atoms with Gasteiger partial charge in [-0.15, -0.1) is 0 Å². The predicted octanol–water partition coefficient (Wildman–Crippen LogP) is 1.32. The summed E-state index contributed by atoms with van der Waals surface area (Å²) in [5.74, 6) is -0.336. The second-order valence-electron chi connectivity index (χ2n) is 3.90. The molecule has 1 aromatic rings. The summed E-state index contributed by atoms with van der Waals surface area (Å²) in [6, 6.07) is 4.29. The Morgan fingerprint density at radius 1 is 1.47 bits per heavy atom. The van der Waals surface area contributed by atoms with Crippen LogP contribution in [0.15, 0.2) is 18.2 Å². The summed E-state index contributed by atoms with van der Waals surface area (Å²) in [6.07, 6.45) is 1.68. The fourth-order valence-corrected chi connectivity index (χ4v) is 1.69. The zero-order valence-corrected chi connectivity index (χ0v) is 8.01. The molecule has 1 aromatic carbocycles. The van der Waals surface area contributed by atoms with Gasteiger partial charge >= 0.3 is 5.69 Å². The molecule has 2 rings (SSSR count). The molecule has 0 aliphatic heterocycles. The smallest absolute Gasteiger partial charge is 0.310 e. The van der Waals surface area contributed by atoms with E-state index in [1.807, 2.05) is 0 Å². The Morgan fingerprint density at radius 3 is 2.60 bits per heavy atom. The molecule has 0 radical (unpaired) electrons. The molecule has 1 fully saturated rings. The highest BCUT2D eigenvalue weighted by Crippen LogP contribution is 2.49. The number of nitro benzene ring substituents is 1. The lowest BCUT2D eigenvalue weighted by Gasteiger charge is -2.11. The molecule has 0 bridgehead atoms. The number of aliphatic hydroxyl groups is 1. The topological polar surface area (TPSA) is 83.6 Å². The van der Waals surface area contributed by atoms with Gasteiger partial charge in [-0.1, -0.05) is 6.07 Å². The number of aromatic hydroxyl groups is 1. The van der Waals surface area contributed by atoms with E-state index in [0.29, 0.717) is 0 Å². The van der Waals surface area contributed by atoms with Crippen molar-refractivity contribution in [3.05, 3.63) is 33.9 Å². The monoisotopic (exact) mass is 209 g/mol. The molecule has 5 nitrogen and oxygen atoms in total. The molecule has 1 aliphatic rings. The Bertz CT molecular complexity index is 412. The summed E-state index contributed by atoms with van der Waals surface area (Å²) in [6.45, 7) is -0.00503. The predicted molar refractivity (Wildman–Crippen MR) is 52.8 cm³/mol. The number of hydrogen-bond donors (Lipinski definition) is 2. The second-order valence-corrected chi connectivity index (χ2v) is 3.90. The lowest BCUT2D eigenvalue weighted by atomic mass is 9.96. The molecule has 80 valence electrons. The van der Waals surface area contributed by atoms with Crippen molar-refractivity contribution in [3.63, 3.8) is 0 Å². The van der Waals surface area contributed by atoms with Crippen LogP contribution in [-0.4, -0.2) is 21.7 Å². The normalized spacial score (nSPS) is 17.4. The third-order valence-corrected chi connectivity index (χ3v) is 2.94. The lowest BCUT2D eigenvalue weighted by Crippen LogP contribution is -2.11. The van der Waals surface area contributed by atoms with Crippen molar-refractivity contribution in [1.29, 1.82) is 0 Å². The summed E-state index contributed by atoms with van der Waals surface area (Å²) in [5.41, 5.74) is 0.125. The number of nitro groups is 1. The van der Waals surface area contributed by atoms with E-state index in [2.05, 4.69) is 0 Å². The first-order valence-electron chi connectivity index (χ1n) is 4.68. The number of benzene rings is 1. The first-order valence-corrected chi connectivity index (χ1v) is 4.68.